The van der Waals surface area contributed by atoms with Crippen molar-refractivity contribution in [1.29, 1.82) is 0 Å². The van der Waals surface area contributed by atoms with Crippen LogP contribution in [0.1, 0.15) is 79.1 Å². The lowest BCUT2D eigenvalue weighted by molar-refractivity contribution is 0.110. The molecule has 2 aromatic rings. The molecular weight excluding hydrogens is 463 g/mol. The van der Waals surface area contributed by atoms with Crippen LogP contribution in [0.25, 0.3) is 11.1 Å². The summed E-state index contributed by atoms with van der Waals surface area (Å²) in [4.78, 5) is 9.77. The summed E-state index contributed by atoms with van der Waals surface area (Å²) in [5, 5.41) is 19.2. The van der Waals surface area contributed by atoms with Gasteiger partial charge in [-0.15, -0.1) is 0 Å². The van der Waals surface area contributed by atoms with Crippen molar-refractivity contribution in [2.75, 3.05) is 13.2 Å². The normalized spacial score (nSPS) is 14.4. The molecule has 2 atom stereocenters. The van der Waals surface area contributed by atoms with Gasteiger partial charge in [0.25, 0.3) is 0 Å². The molecule has 0 bridgehead atoms. The molecule has 0 amide bonds. The topological polar surface area (TPSA) is 96.2 Å². The van der Waals surface area contributed by atoms with Crippen molar-refractivity contribution in [2.24, 2.45) is 11.8 Å². The molecule has 2 rings (SSSR count). The zero-order valence-electron chi connectivity index (χ0n) is 21.9. The predicted molar refractivity (Wildman–Crippen MR) is 144 cm³/mol. The van der Waals surface area contributed by atoms with Crippen LogP contribution in [0.5, 0.6) is 11.5 Å². The van der Waals surface area contributed by atoms with Crippen LogP contribution in [0.2, 0.25) is 0 Å². The van der Waals surface area contributed by atoms with Crippen molar-refractivity contribution >= 4 is 7.82 Å². The summed E-state index contributed by atoms with van der Waals surface area (Å²) in [6.45, 7) is 9.10. The largest absolute Gasteiger partial charge is 0.507 e. The van der Waals surface area contributed by atoms with Gasteiger partial charge >= 0.3 is 7.82 Å². The first-order valence-corrected chi connectivity index (χ1v) is 14.5. The van der Waals surface area contributed by atoms with Gasteiger partial charge in [-0.1, -0.05) is 103 Å². The highest BCUT2D eigenvalue weighted by molar-refractivity contribution is 7.47. The molecule has 6 nitrogen and oxygen atoms in total. The number of phosphoric ester groups is 1. The van der Waals surface area contributed by atoms with E-state index in [4.69, 9.17) is 9.05 Å². The smallest absolute Gasteiger partial charge is 0.472 e. The van der Waals surface area contributed by atoms with Gasteiger partial charge in [0.1, 0.15) is 11.5 Å². The Hall–Kier alpha value is -1.85. The number of phenols is 2. The van der Waals surface area contributed by atoms with Gasteiger partial charge in [-0.05, 0) is 42.4 Å². The van der Waals surface area contributed by atoms with Crippen LogP contribution in [-0.2, 0) is 13.6 Å². The van der Waals surface area contributed by atoms with E-state index in [2.05, 4.69) is 27.7 Å². The molecule has 198 valence electrons. The van der Waals surface area contributed by atoms with Crippen LogP contribution in [0.3, 0.4) is 0 Å². The fourth-order valence-corrected chi connectivity index (χ4v) is 4.53. The third kappa shape index (κ3) is 12.6. The van der Waals surface area contributed by atoms with Crippen LogP contribution < -0.4 is 0 Å². The Morgan fingerprint density at radius 2 is 1.20 bits per heavy atom. The Morgan fingerprint density at radius 3 is 1.60 bits per heavy atom. The van der Waals surface area contributed by atoms with E-state index < -0.39 is 7.82 Å². The van der Waals surface area contributed by atoms with Gasteiger partial charge in [-0.3, -0.25) is 9.05 Å². The first-order valence-electron chi connectivity index (χ1n) is 13.0. The molecule has 0 saturated heterocycles. The second-order valence-electron chi connectivity index (χ2n) is 8.93. The van der Waals surface area contributed by atoms with Crippen LogP contribution in [0.4, 0.5) is 0 Å². The number of rotatable bonds is 15. The SMILES string of the molecule is CCCCC(CC)COP(=O)(O)OCC(CC)CCCC.Oc1cccc(O)c1-c1ccccc1. The fourth-order valence-electron chi connectivity index (χ4n) is 3.66. The van der Waals surface area contributed by atoms with Gasteiger partial charge in [-0.2, -0.15) is 0 Å². The van der Waals surface area contributed by atoms with Crippen molar-refractivity contribution in [3.05, 3.63) is 48.5 Å². The van der Waals surface area contributed by atoms with Crippen LogP contribution in [0.15, 0.2) is 48.5 Å². The monoisotopic (exact) mass is 508 g/mol. The summed E-state index contributed by atoms with van der Waals surface area (Å²) in [7, 11) is -3.89. The first kappa shape index (κ1) is 31.2. The van der Waals surface area contributed by atoms with Crippen molar-refractivity contribution < 1.29 is 28.7 Å². The number of phosphoric acid groups is 1. The number of hydrogen-bond acceptors (Lipinski definition) is 5. The predicted octanol–water partition coefficient (Wildman–Crippen LogP) is 8.32. The molecule has 0 aromatic heterocycles. The molecule has 2 aromatic carbocycles. The summed E-state index contributed by atoms with van der Waals surface area (Å²) < 4.78 is 22.2. The van der Waals surface area contributed by atoms with Crippen molar-refractivity contribution in [3.63, 3.8) is 0 Å². The lowest BCUT2D eigenvalue weighted by atomic mass is 10.0. The number of hydrogen-bond donors (Lipinski definition) is 3. The van der Waals surface area contributed by atoms with E-state index >= 15 is 0 Å². The summed E-state index contributed by atoms with van der Waals surface area (Å²) >= 11 is 0. The highest BCUT2D eigenvalue weighted by atomic mass is 31.2. The van der Waals surface area contributed by atoms with Crippen molar-refractivity contribution in [1.82, 2.24) is 0 Å². The number of phenolic OH excluding ortho intramolecular Hbond substituents is 2. The molecule has 7 heteroatoms. The molecule has 35 heavy (non-hydrogen) atoms. The number of benzene rings is 2. The molecule has 0 spiro atoms. The van der Waals surface area contributed by atoms with E-state index in [0.717, 1.165) is 56.9 Å². The maximum absolute atomic E-state index is 11.9. The van der Waals surface area contributed by atoms with Gasteiger partial charge in [0.2, 0.25) is 0 Å². The minimum absolute atomic E-state index is 0.0937. The van der Waals surface area contributed by atoms with Crippen molar-refractivity contribution in [2.45, 2.75) is 79.1 Å². The maximum atomic E-state index is 11.9. The molecule has 0 heterocycles. The lowest BCUT2D eigenvalue weighted by Gasteiger charge is -2.20. The Kier molecular flexibility index (Phi) is 15.6. The lowest BCUT2D eigenvalue weighted by Crippen LogP contribution is -2.12. The van der Waals surface area contributed by atoms with Gasteiger partial charge in [0.05, 0.1) is 18.8 Å². The second-order valence-corrected chi connectivity index (χ2v) is 10.4. The number of aromatic hydroxyl groups is 2. The third-order valence-electron chi connectivity index (χ3n) is 6.12. The molecule has 0 aliphatic rings. The number of unbranched alkanes of at least 4 members (excludes halogenated alkanes) is 2. The van der Waals surface area contributed by atoms with Gasteiger partial charge in [-0.25, -0.2) is 4.57 Å². The highest BCUT2D eigenvalue weighted by Gasteiger charge is 2.24. The molecule has 2 unspecified atom stereocenters. The zero-order valence-corrected chi connectivity index (χ0v) is 22.8. The zero-order chi connectivity index (χ0) is 26.1. The van der Waals surface area contributed by atoms with E-state index in [-0.39, 0.29) is 11.5 Å². The molecule has 0 aliphatic carbocycles. The van der Waals surface area contributed by atoms with E-state index in [9.17, 15) is 19.7 Å². The average Bonchev–Trinajstić information content (AvgIpc) is 2.85. The Labute approximate surface area is 211 Å². The summed E-state index contributed by atoms with van der Waals surface area (Å²) in [5.41, 5.74) is 1.29. The van der Waals surface area contributed by atoms with Gasteiger partial charge < -0.3 is 15.1 Å². The Balaban J connectivity index is 0.000000375. The summed E-state index contributed by atoms with van der Waals surface area (Å²) in [6.07, 6.45) is 8.56. The van der Waals surface area contributed by atoms with Crippen LogP contribution in [0, 0.1) is 11.8 Å². The Bertz CT molecular complexity index is 814. The minimum atomic E-state index is -3.89. The second kappa shape index (κ2) is 17.6. The van der Waals surface area contributed by atoms with Crippen molar-refractivity contribution in [3.8, 4) is 22.6 Å². The first-order chi connectivity index (χ1) is 16.8. The van der Waals surface area contributed by atoms with E-state index in [1.807, 2.05) is 30.3 Å². The van der Waals surface area contributed by atoms with E-state index in [1.54, 1.807) is 18.2 Å². The summed E-state index contributed by atoms with van der Waals surface area (Å²) in [6, 6.07) is 14.0. The molecule has 0 saturated carbocycles. The Morgan fingerprint density at radius 1 is 0.743 bits per heavy atom. The quantitative estimate of drug-likeness (QED) is 0.209. The molecule has 3 N–H and O–H groups in total. The highest BCUT2D eigenvalue weighted by Crippen LogP contribution is 2.44. The molecule has 0 radical (unpaired) electrons. The van der Waals surface area contributed by atoms with Gasteiger partial charge in [0, 0.05) is 0 Å². The van der Waals surface area contributed by atoms with Crippen LogP contribution >= 0.6 is 7.82 Å². The minimum Gasteiger partial charge on any atom is -0.507 e. The molecule has 0 aliphatic heterocycles. The molecule has 0 fully saturated rings. The van der Waals surface area contributed by atoms with Gasteiger partial charge in [0.15, 0.2) is 0 Å². The molecular formula is C28H45O6P. The third-order valence-corrected chi connectivity index (χ3v) is 7.07. The van der Waals surface area contributed by atoms with E-state index in [0.29, 0.717) is 30.6 Å². The summed E-state index contributed by atoms with van der Waals surface area (Å²) in [5.74, 6) is 0.875. The average molecular weight is 509 g/mol. The maximum Gasteiger partial charge on any atom is 0.472 e. The van der Waals surface area contributed by atoms with Crippen LogP contribution in [-0.4, -0.2) is 28.3 Å². The standard InChI is InChI=1S/C16H35O4P.C12H10O2/c1-5-9-11-15(7-3)13-19-21(17,18)20-14-16(8-4)12-10-6-2;13-10-7-4-8-11(14)12(10)9-5-2-1-3-6-9/h15-16H,5-14H2,1-4H3,(H,17,18);1-8,13-14H. The van der Waals surface area contributed by atoms with E-state index in [1.165, 1.54) is 0 Å². The fraction of sp³-hybridized carbons (Fsp3) is 0.571.